The van der Waals surface area contributed by atoms with Gasteiger partial charge in [-0.25, -0.2) is 0 Å². The molecule has 0 spiro atoms. The minimum Gasteiger partial charge on any atom is -0.480 e. The van der Waals surface area contributed by atoms with Gasteiger partial charge in [-0.15, -0.1) is 0 Å². The fourth-order valence-corrected chi connectivity index (χ4v) is 6.77. The van der Waals surface area contributed by atoms with E-state index in [0.717, 1.165) is 56.9 Å². The van der Waals surface area contributed by atoms with Crippen LogP contribution in [0.25, 0.3) is 0 Å². The third kappa shape index (κ3) is 11.6. The van der Waals surface area contributed by atoms with Crippen molar-refractivity contribution in [1.29, 1.82) is 0 Å². The molecule has 0 amide bonds. The van der Waals surface area contributed by atoms with Gasteiger partial charge in [0.2, 0.25) is 0 Å². The van der Waals surface area contributed by atoms with Gasteiger partial charge in [0.05, 0.1) is 13.2 Å². The first-order valence-electron chi connectivity index (χ1n) is 14.8. The van der Waals surface area contributed by atoms with E-state index < -0.39 is 25.4 Å². The fourth-order valence-electron chi connectivity index (χ4n) is 4.66. The summed E-state index contributed by atoms with van der Waals surface area (Å²) in [5.74, 6) is -1.38. The van der Waals surface area contributed by atoms with Crippen molar-refractivity contribution in [1.82, 2.24) is 5.32 Å². The van der Waals surface area contributed by atoms with Crippen LogP contribution in [-0.4, -0.2) is 30.3 Å². The summed E-state index contributed by atoms with van der Waals surface area (Å²) in [5.41, 5.74) is 1.58. The van der Waals surface area contributed by atoms with Crippen LogP contribution >= 0.6 is 7.60 Å². The molecule has 2 aromatic carbocycles. The summed E-state index contributed by atoms with van der Waals surface area (Å²) in [6, 6.07) is 17.9. The zero-order valence-corrected chi connectivity index (χ0v) is 25.3. The van der Waals surface area contributed by atoms with E-state index in [1.54, 1.807) is 0 Å². The van der Waals surface area contributed by atoms with Gasteiger partial charge in [0.1, 0.15) is 11.8 Å². The van der Waals surface area contributed by atoms with Crippen LogP contribution in [0.5, 0.6) is 0 Å². The summed E-state index contributed by atoms with van der Waals surface area (Å²) >= 11 is 0. The number of carboxylic acid groups (broad SMARTS) is 1. The van der Waals surface area contributed by atoms with Crippen molar-refractivity contribution in [2.24, 2.45) is 11.8 Å². The summed E-state index contributed by atoms with van der Waals surface area (Å²) in [6.07, 6.45) is 8.43. The highest BCUT2D eigenvalue weighted by Gasteiger charge is 2.41. The third-order valence-electron chi connectivity index (χ3n) is 7.44. The molecule has 0 bridgehead atoms. The predicted molar refractivity (Wildman–Crippen MR) is 160 cm³/mol. The van der Waals surface area contributed by atoms with Gasteiger partial charge in [-0.2, -0.15) is 0 Å². The van der Waals surface area contributed by atoms with Crippen molar-refractivity contribution in [3.63, 3.8) is 0 Å². The summed E-state index contributed by atoms with van der Waals surface area (Å²) < 4.78 is 27.4. The van der Waals surface area contributed by atoms with E-state index in [2.05, 4.69) is 33.0 Å². The second-order valence-electron chi connectivity index (χ2n) is 10.5. The third-order valence-corrected chi connectivity index (χ3v) is 9.54. The van der Waals surface area contributed by atoms with Gasteiger partial charge in [-0.3, -0.25) is 14.7 Å². The van der Waals surface area contributed by atoms with E-state index in [4.69, 9.17) is 9.05 Å². The van der Waals surface area contributed by atoms with E-state index in [1.807, 2.05) is 60.7 Å². The number of nitrogens with one attached hydrogen (secondary N) is 1. The Kier molecular flexibility index (Phi) is 15.7. The Morgan fingerprint density at radius 1 is 0.821 bits per heavy atom. The molecule has 0 saturated carbocycles. The van der Waals surface area contributed by atoms with Crippen LogP contribution in [0.15, 0.2) is 60.7 Å². The number of carboxylic acids is 1. The standard InChI is InChI=1S/C32H50NO5P/c1-5-9-17-26(7-3)24-37-39(36,38-25-27(8-4)18-10-6-2)31(29-21-15-12-16-22-29)33-30(32(34)35)23-28-19-13-11-14-20-28/h11-16,19-22,26-27,30-31,33H,5-10,17-18,23-25H2,1-4H3,(H,34,35)/t26?,27?,30-,31?,39?/m0/s1. The molecule has 2 aromatic rings. The Balaban J connectivity index is 2.42. The van der Waals surface area contributed by atoms with Gasteiger partial charge >= 0.3 is 13.6 Å². The van der Waals surface area contributed by atoms with Crippen LogP contribution in [0.2, 0.25) is 0 Å². The lowest BCUT2D eigenvalue weighted by Gasteiger charge is -2.32. The van der Waals surface area contributed by atoms with Crippen molar-refractivity contribution >= 4 is 13.6 Å². The smallest absolute Gasteiger partial charge is 0.351 e. The molecule has 39 heavy (non-hydrogen) atoms. The Morgan fingerprint density at radius 2 is 1.31 bits per heavy atom. The number of benzene rings is 2. The molecule has 6 nitrogen and oxygen atoms in total. The summed E-state index contributed by atoms with van der Waals surface area (Å²) in [4.78, 5) is 12.4. The molecule has 218 valence electrons. The van der Waals surface area contributed by atoms with Crippen LogP contribution in [-0.2, 0) is 24.8 Å². The van der Waals surface area contributed by atoms with Gasteiger partial charge in [0.25, 0.3) is 0 Å². The molecular formula is C32H50NO5P. The zero-order chi connectivity index (χ0) is 28.5. The number of carbonyl (C=O) groups is 1. The van der Waals surface area contributed by atoms with E-state index >= 15 is 0 Å². The molecule has 0 aliphatic rings. The van der Waals surface area contributed by atoms with E-state index in [1.165, 1.54) is 0 Å². The summed E-state index contributed by atoms with van der Waals surface area (Å²) in [5, 5.41) is 13.4. The van der Waals surface area contributed by atoms with Crippen molar-refractivity contribution in [2.45, 2.75) is 97.3 Å². The molecule has 0 saturated heterocycles. The molecule has 0 heterocycles. The topological polar surface area (TPSA) is 84.9 Å². The van der Waals surface area contributed by atoms with E-state index in [-0.39, 0.29) is 18.3 Å². The predicted octanol–water partition coefficient (Wildman–Crippen LogP) is 8.63. The van der Waals surface area contributed by atoms with Gasteiger partial charge in [0, 0.05) is 0 Å². The maximum atomic E-state index is 14.8. The molecule has 0 aliphatic heterocycles. The van der Waals surface area contributed by atoms with Crippen molar-refractivity contribution in [3.05, 3.63) is 71.8 Å². The number of rotatable bonds is 21. The van der Waals surface area contributed by atoms with E-state index in [9.17, 15) is 14.5 Å². The molecule has 0 fully saturated rings. The summed E-state index contributed by atoms with van der Waals surface area (Å²) in [7, 11) is -3.82. The minimum absolute atomic E-state index is 0.252. The first kappa shape index (κ1) is 33.2. The van der Waals surface area contributed by atoms with Crippen LogP contribution in [0.3, 0.4) is 0 Å². The number of unbranched alkanes of at least 4 members (excludes halogenated alkanes) is 2. The molecule has 4 atom stereocenters. The average Bonchev–Trinajstić information content (AvgIpc) is 2.96. The SMILES string of the molecule is CCCCC(CC)COP(=O)(OCC(CC)CCCC)C(N[C@@H](Cc1ccccc1)C(=O)O)c1ccccc1. The first-order valence-corrected chi connectivity index (χ1v) is 16.4. The van der Waals surface area contributed by atoms with Crippen molar-refractivity contribution in [2.75, 3.05) is 13.2 Å². The fraction of sp³-hybridized carbons (Fsp3) is 0.594. The van der Waals surface area contributed by atoms with Crippen LogP contribution in [0, 0.1) is 11.8 Å². The Morgan fingerprint density at radius 3 is 1.74 bits per heavy atom. The lowest BCUT2D eigenvalue weighted by atomic mass is 10.0. The number of aliphatic carboxylic acids is 1. The Bertz CT molecular complexity index is 947. The molecule has 7 heteroatoms. The van der Waals surface area contributed by atoms with Gasteiger partial charge < -0.3 is 14.2 Å². The zero-order valence-electron chi connectivity index (χ0n) is 24.4. The molecule has 2 rings (SSSR count). The van der Waals surface area contributed by atoms with Gasteiger partial charge in [-0.05, 0) is 42.2 Å². The van der Waals surface area contributed by atoms with E-state index in [0.29, 0.717) is 18.8 Å². The number of hydrogen-bond donors (Lipinski definition) is 2. The largest absolute Gasteiger partial charge is 0.480 e. The second kappa shape index (κ2) is 18.4. The second-order valence-corrected chi connectivity index (χ2v) is 12.6. The van der Waals surface area contributed by atoms with Crippen molar-refractivity contribution in [3.8, 4) is 0 Å². The maximum Gasteiger partial charge on any atom is 0.351 e. The highest BCUT2D eigenvalue weighted by atomic mass is 31.2. The lowest BCUT2D eigenvalue weighted by Crippen LogP contribution is -2.41. The van der Waals surface area contributed by atoms with Crippen molar-refractivity contribution < 1.29 is 23.5 Å². The van der Waals surface area contributed by atoms with Crippen LogP contribution in [0.4, 0.5) is 0 Å². The maximum absolute atomic E-state index is 14.8. The van der Waals surface area contributed by atoms with Crippen LogP contribution in [0.1, 0.15) is 96.0 Å². The Hall–Kier alpha value is -1.98. The lowest BCUT2D eigenvalue weighted by molar-refractivity contribution is -0.139. The molecular weight excluding hydrogens is 509 g/mol. The molecule has 0 radical (unpaired) electrons. The monoisotopic (exact) mass is 559 g/mol. The average molecular weight is 560 g/mol. The molecule has 0 aliphatic carbocycles. The van der Waals surface area contributed by atoms with Crippen LogP contribution < -0.4 is 5.32 Å². The van der Waals surface area contributed by atoms with Gasteiger partial charge in [-0.1, -0.05) is 127 Å². The molecule has 3 unspecified atom stereocenters. The Labute approximate surface area is 236 Å². The molecule has 0 aromatic heterocycles. The quantitative estimate of drug-likeness (QED) is 0.149. The summed E-state index contributed by atoms with van der Waals surface area (Å²) in [6.45, 7) is 9.22. The highest BCUT2D eigenvalue weighted by molar-refractivity contribution is 7.54. The normalized spacial score (nSPS) is 16.2. The number of hydrogen-bond acceptors (Lipinski definition) is 5. The molecule has 2 N–H and O–H groups in total. The minimum atomic E-state index is -3.82. The van der Waals surface area contributed by atoms with Gasteiger partial charge in [0.15, 0.2) is 0 Å². The first-order chi connectivity index (χ1) is 18.9. The highest BCUT2D eigenvalue weighted by Crippen LogP contribution is 2.60.